The van der Waals surface area contributed by atoms with E-state index in [1.165, 1.54) is 48.5 Å². The van der Waals surface area contributed by atoms with E-state index >= 15 is 0 Å². The van der Waals surface area contributed by atoms with Gasteiger partial charge in [-0.15, -0.1) is 0 Å². The van der Waals surface area contributed by atoms with Crippen molar-refractivity contribution in [2.75, 3.05) is 5.01 Å². The molecule has 1 heterocycles. The molecule has 1 unspecified atom stereocenters. The fraction of sp³-hybridized carbons (Fsp3) is 0.130. The molecule has 0 aromatic heterocycles. The molecule has 0 N–H and O–H groups in total. The summed E-state index contributed by atoms with van der Waals surface area (Å²) in [6.45, 7) is 3.43. The van der Waals surface area contributed by atoms with Crippen LogP contribution in [0.4, 0.5) is 11.4 Å². The van der Waals surface area contributed by atoms with Crippen molar-refractivity contribution < 1.29 is 59.9 Å². The van der Waals surface area contributed by atoms with E-state index in [0.29, 0.717) is 11.4 Å². The Morgan fingerprint density at radius 1 is 0.865 bits per heavy atom. The van der Waals surface area contributed by atoms with Crippen LogP contribution in [-0.4, -0.2) is 39.0 Å². The first-order valence-electron chi connectivity index (χ1n) is 10.4. The predicted octanol–water partition coefficient (Wildman–Crippen LogP) is 0.546. The summed E-state index contributed by atoms with van der Waals surface area (Å²) in [6.07, 6.45) is 0. The second-order valence-electron chi connectivity index (χ2n) is 7.80. The first kappa shape index (κ1) is 28.6. The van der Waals surface area contributed by atoms with Crippen LogP contribution in [0, 0.1) is 6.92 Å². The number of aryl methyl sites for hydroxylation is 1. The Bertz CT molecular complexity index is 1570. The summed E-state index contributed by atoms with van der Waals surface area (Å²) < 4.78 is 63.3. The minimum absolute atomic E-state index is 0. The molecule has 1 amide bonds. The summed E-state index contributed by atoms with van der Waals surface area (Å²) in [5, 5.41) is 13.3. The largest absolute Gasteiger partial charge is 1.00 e. The average Bonchev–Trinajstić information content (AvgIpc) is 3.11. The Morgan fingerprint density at radius 2 is 1.43 bits per heavy atom. The molecule has 0 saturated carbocycles. The van der Waals surface area contributed by atoms with Gasteiger partial charge in [-0.05, 0) is 74.5 Å². The summed E-state index contributed by atoms with van der Waals surface area (Å²) in [5.74, 6) is -0.433. The van der Waals surface area contributed by atoms with Crippen LogP contribution in [0.15, 0.2) is 97.9 Å². The molecule has 0 aliphatic carbocycles. The molecule has 3 aromatic rings. The molecule has 14 heteroatoms. The molecule has 4 rings (SSSR count). The number of nitrogens with zero attached hydrogens (tertiary/aromatic N) is 4. The van der Waals surface area contributed by atoms with Crippen molar-refractivity contribution in [2.45, 2.75) is 29.7 Å². The van der Waals surface area contributed by atoms with Crippen molar-refractivity contribution in [3.05, 3.63) is 78.4 Å². The molecule has 3 aromatic carbocycles. The molecule has 37 heavy (non-hydrogen) atoms. The molecule has 0 fully saturated rings. The van der Waals surface area contributed by atoms with Crippen LogP contribution in [0.25, 0.3) is 0 Å². The van der Waals surface area contributed by atoms with Crippen molar-refractivity contribution in [1.82, 2.24) is 0 Å². The van der Waals surface area contributed by atoms with Gasteiger partial charge in [-0.1, -0.05) is 17.7 Å². The normalized spacial score (nSPS) is 16.0. The molecule has 1 aliphatic heterocycles. The quantitative estimate of drug-likeness (QED) is 0.180. The maximum Gasteiger partial charge on any atom is 1.00 e. The van der Waals surface area contributed by atoms with Gasteiger partial charge in [-0.2, -0.15) is 28.8 Å². The van der Waals surface area contributed by atoms with Gasteiger partial charge in [0, 0.05) is 0 Å². The van der Waals surface area contributed by atoms with Crippen LogP contribution in [-0.2, 0) is 25.0 Å². The number of amides is 1. The van der Waals surface area contributed by atoms with E-state index in [0.717, 1.165) is 22.7 Å². The van der Waals surface area contributed by atoms with Crippen molar-refractivity contribution in [3.8, 4) is 5.75 Å². The van der Waals surface area contributed by atoms with E-state index in [-0.39, 0.29) is 45.9 Å². The van der Waals surface area contributed by atoms with Crippen LogP contribution in [0.1, 0.15) is 12.5 Å². The van der Waals surface area contributed by atoms with Gasteiger partial charge in [-0.3, -0.25) is 4.79 Å². The molecule has 186 valence electrons. The number of hydrogen-bond donors (Lipinski definition) is 0. The zero-order valence-corrected chi connectivity index (χ0v) is 23.6. The Balaban J connectivity index is 0.00000380. The molecule has 0 bridgehead atoms. The average molecular weight is 551 g/mol. The van der Waals surface area contributed by atoms with Crippen molar-refractivity contribution in [2.24, 2.45) is 15.3 Å². The molecule has 11 nitrogen and oxygen atoms in total. The van der Waals surface area contributed by atoms with Gasteiger partial charge in [0.15, 0.2) is 6.04 Å². The second-order valence-corrected chi connectivity index (χ2v) is 10.7. The molecule has 0 radical (unpaired) electrons. The third-order valence-corrected chi connectivity index (χ3v) is 7.22. The first-order chi connectivity index (χ1) is 16.9. The number of azo groups is 1. The monoisotopic (exact) mass is 550 g/mol. The number of hydrogen-bond acceptors (Lipinski definition) is 10. The van der Waals surface area contributed by atoms with Crippen molar-refractivity contribution in [3.63, 3.8) is 0 Å². The van der Waals surface area contributed by atoms with Gasteiger partial charge in [0.05, 0.1) is 22.0 Å². The van der Waals surface area contributed by atoms with Gasteiger partial charge in [-0.25, -0.2) is 8.42 Å². The van der Waals surface area contributed by atoms with E-state index < -0.39 is 37.1 Å². The van der Waals surface area contributed by atoms with Gasteiger partial charge < -0.3 is 8.74 Å². The van der Waals surface area contributed by atoms with Crippen LogP contribution in [0.5, 0.6) is 5.75 Å². The molecular formula is C23H19N4NaO7S2. The molecule has 0 spiro atoms. The first-order valence-corrected chi connectivity index (χ1v) is 13.2. The summed E-state index contributed by atoms with van der Waals surface area (Å²) in [4.78, 5) is 12.4. The van der Waals surface area contributed by atoms with Crippen LogP contribution in [0.3, 0.4) is 0 Å². The van der Waals surface area contributed by atoms with E-state index in [2.05, 4.69) is 15.3 Å². The smallest absolute Gasteiger partial charge is 0.744 e. The van der Waals surface area contributed by atoms with E-state index in [9.17, 15) is 26.2 Å². The fourth-order valence-electron chi connectivity index (χ4n) is 3.20. The maximum absolute atomic E-state index is 12.8. The number of benzene rings is 3. The van der Waals surface area contributed by atoms with Gasteiger partial charge >= 0.3 is 39.7 Å². The molecule has 1 aliphatic rings. The third kappa shape index (κ3) is 6.69. The van der Waals surface area contributed by atoms with Gasteiger partial charge in [0.2, 0.25) is 0 Å². The summed E-state index contributed by atoms with van der Waals surface area (Å²) in [7, 11) is -8.61. The van der Waals surface area contributed by atoms with Gasteiger partial charge in [0.1, 0.15) is 20.8 Å². The van der Waals surface area contributed by atoms with Crippen LogP contribution in [0.2, 0.25) is 0 Å². The zero-order chi connectivity index (χ0) is 26.1. The standard InChI is InChI=1S/C23H20N4O7S2.Na/c1-15-3-11-21(12-4-15)36(32,33)34-19-9-5-17(6-10-19)24-25-22-16(2)26-27(23(22)28)18-7-13-20(14-8-18)35(29,30)31;/h3-14,22H,1-2H3,(H,29,30,31);/q;+1/p-1. The zero-order valence-electron chi connectivity index (χ0n) is 20.0. The second kappa shape index (κ2) is 11.2. The van der Waals surface area contributed by atoms with Crippen LogP contribution < -0.4 is 38.7 Å². The Kier molecular flexibility index (Phi) is 8.67. The maximum atomic E-state index is 12.8. The van der Waals surface area contributed by atoms with E-state index in [4.69, 9.17) is 4.18 Å². The number of carbonyl (C=O) groups is 1. The van der Waals surface area contributed by atoms with Crippen LogP contribution >= 0.6 is 0 Å². The number of carbonyl (C=O) groups excluding carboxylic acids is 1. The predicted molar refractivity (Wildman–Crippen MR) is 129 cm³/mol. The Hall–Kier alpha value is -2.94. The molecular weight excluding hydrogens is 531 g/mol. The Labute approximate surface area is 236 Å². The number of rotatable bonds is 7. The summed E-state index contributed by atoms with van der Waals surface area (Å²) >= 11 is 0. The van der Waals surface area contributed by atoms with E-state index in [1.54, 1.807) is 19.1 Å². The number of anilines is 1. The van der Waals surface area contributed by atoms with Crippen molar-refractivity contribution >= 4 is 43.2 Å². The topological polar surface area (TPSA) is 158 Å². The molecule has 1 atom stereocenters. The Morgan fingerprint density at radius 3 is 2.00 bits per heavy atom. The van der Waals surface area contributed by atoms with Gasteiger partial charge in [0.25, 0.3) is 5.91 Å². The minimum Gasteiger partial charge on any atom is -0.744 e. The fourth-order valence-corrected chi connectivity index (χ4v) is 4.60. The number of hydrazone groups is 1. The van der Waals surface area contributed by atoms with E-state index in [1.807, 2.05) is 6.92 Å². The van der Waals surface area contributed by atoms with Crippen molar-refractivity contribution in [1.29, 1.82) is 0 Å². The third-order valence-electron chi connectivity index (χ3n) is 5.11. The SMILES string of the molecule is CC1=NN(c2ccc(S(=O)(=O)[O-])cc2)C(=O)C1N=Nc1ccc(OS(=O)(=O)c2ccc(C)cc2)cc1.[Na+]. The molecule has 0 saturated heterocycles. The summed E-state index contributed by atoms with van der Waals surface area (Å²) in [5.41, 5.74) is 1.88. The minimum atomic E-state index is -4.61. The summed E-state index contributed by atoms with van der Waals surface area (Å²) in [6, 6.07) is 15.8.